The van der Waals surface area contributed by atoms with E-state index in [0.29, 0.717) is 22.8 Å². The van der Waals surface area contributed by atoms with Crippen molar-refractivity contribution in [3.8, 4) is 0 Å². The molecule has 2 bridgehead atoms. The molecule has 1 unspecified atom stereocenters. The lowest BCUT2D eigenvalue weighted by Gasteiger charge is -2.57. The molecule has 2 aromatic rings. The third-order valence-corrected chi connectivity index (χ3v) is 11.9. The zero-order valence-electron chi connectivity index (χ0n) is 22.0. The molecule has 1 heterocycles. The van der Waals surface area contributed by atoms with Gasteiger partial charge in [0.1, 0.15) is 17.6 Å². The minimum Gasteiger partial charge on any atom is -0.390 e. The summed E-state index contributed by atoms with van der Waals surface area (Å²) in [5, 5.41) is 19.8. The minimum atomic E-state index is -1.06. The number of hydrogen-bond acceptors (Lipinski definition) is 5. The summed E-state index contributed by atoms with van der Waals surface area (Å²) in [6.45, 7) is 4.80. The van der Waals surface area contributed by atoms with Crippen LogP contribution < -0.4 is 0 Å². The van der Waals surface area contributed by atoms with Crippen molar-refractivity contribution in [2.45, 2.75) is 95.1 Å². The topological polar surface area (TPSA) is 85.1 Å². The Morgan fingerprint density at radius 3 is 2.64 bits per heavy atom. The second kappa shape index (κ2) is 9.00. The Morgan fingerprint density at radius 2 is 1.83 bits per heavy atom. The molecular weight excluding hydrogens is 470 g/mol. The van der Waals surface area contributed by atoms with Crippen LogP contribution in [0.2, 0.25) is 0 Å². The predicted molar refractivity (Wildman–Crippen MR) is 141 cm³/mol. The molecule has 36 heavy (non-hydrogen) atoms. The van der Waals surface area contributed by atoms with Gasteiger partial charge < -0.3 is 5.11 Å². The number of fused-ring (bicyclic) bond motifs is 7. The number of carbonyl (C=O) groups is 1. The molecule has 4 saturated carbocycles. The van der Waals surface area contributed by atoms with Crippen LogP contribution in [-0.4, -0.2) is 41.9 Å². The molecule has 0 aliphatic heterocycles. The molecule has 9 atom stereocenters. The lowest BCUT2D eigenvalue weighted by molar-refractivity contribution is -0.127. The van der Waals surface area contributed by atoms with Gasteiger partial charge >= 0.3 is 0 Å². The van der Waals surface area contributed by atoms with E-state index in [4.69, 9.17) is 0 Å². The molecule has 4 aliphatic carbocycles. The molecule has 6 rings (SSSR count). The highest BCUT2D eigenvalue weighted by Crippen LogP contribution is 2.62. The van der Waals surface area contributed by atoms with E-state index < -0.39 is 16.4 Å². The van der Waals surface area contributed by atoms with Gasteiger partial charge in [-0.1, -0.05) is 6.92 Å². The van der Waals surface area contributed by atoms with Crippen molar-refractivity contribution in [1.29, 1.82) is 0 Å². The van der Waals surface area contributed by atoms with Crippen molar-refractivity contribution >= 4 is 27.6 Å². The molecule has 0 amide bonds. The van der Waals surface area contributed by atoms with Crippen LogP contribution in [0.5, 0.6) is 0 Å². The Labute approximate surface area is 217 Å². The maximum atomic E-state index is 13.5. The maximum absolute atomic E-state index is 13.5. The Hall–Kier alpha value is -1.60. The van der Waals surface area contributed by atoms with Crippen LogP contribution in [0, 0.1) is 40.9 Å². The van der Waals surface area contributed by atoms with Crippen molar-refractivity contribution in [3.05, 3.63) is 18.2 Å². The quantitative estimate of drug-likeness (QED) is 0.614. The van der Waals surface area contributed by atoms with Gasteiger partial charge in [-0.3, -0.25) is 9.00 Å². The van der Waals surface area contributed by atoms with Crippen LogP contribution in [0.3, 0.4) is 0 Å². The van der Waals surface area contributed by atoms with E-state index in [1.54, 1.807) is 11.1 Å². The molecule has 4 aliphatic rings. The van der Waals surface area contributed by atoms with Crippen LogP contribution in [0.15, 0.2) is 23.1 Å². The van der Waals surface area contributed by atoms with E-state index in [2.05, 4.69) is 17.1 Å². The van der Waals surface area contributed by atoms with Gasteiger partial charge in [-0.05, 0) is 124 Å². The van der Waals surface area contributed by atoms with E-state index in [9.17, 15) is 14.1 Å². The van der Waals surface area contributed by atoms with Crippen molar-refractivity contribution in [1.82, 2.24) is 15.0 Å². The van der Waals surface area contributed by atoms with Crippen molar-refractivity contribution in [2.75, 3.05) is 6.26 Å². The van der Waals surface area contributed by atoms with E-state index in [1.807, 2.05) is 25.1 Å². The van der Waals surface area contributed by atoms with Gasteiger partial charge in [0.25, 0.3) is 0 Å². The summed E-state index contributed by atoms with van der Waals surface area (Å²) < 4.78 is 11.8. The molecule has 1 N–H and O–H groups in total. The number of aromatic nitrogens is 3. The normalized spacial score (nSPS) is 41.2. The molecular formula is C29H41N3O3S. The van der Waals surface area contributed by atoms with Crippen molar-refractivity contribution in [3.63, 3.8) is 0 Å². The summed E-state index contributed by atoms with van der Waals surface area (Å²) in [7, 11) is -1.06. The van der Waals surface area contributed by atoms with Gasteiger partial charge in [0, 0.05) is 27.9 Å². The number of carbonyl (C=O) groups excluding carboxylic acids is 1. The van der Waals surface area contributed by atoms with E-state index in [0.717, 1.165) is 60.3 Å². The van der Waals surface area contributed by atoms with Gasteiger partial charge in [-0.2, -0.15) is 15.0 Å². The zero-order chi connectivity index (χ0) is 25.2. The summed E-state index contributed by atoms with van der Waals surface area (Å²) >= 11 is 0. The highest BCUT2D eigenvalue weighted by atomic mass is 32.2. The third kappa shape index (κ3) is 4.28. The van der Waals surface area contributed by atoms with Gasteiger partial charge in [-0.15, -0.1) is 0 Å². The van der Waals surface area contributed by atoms with Crippen LogP contribution in [0.1, 0.15) is 78.1 Å². The predicted octanol–water partition coefficient (Wildman–Crippen LogP) is 5.15. The smallest absolute Gasteiger partial charge is 0.159 e. The number of benzene rings is 1. The minimum absolute atomic E-state index is 0.116. The highest BCUT2D eigenvalue weighted by Gasteiger charge is 2.55. The number of rotatable bonds is 4. The first-order valence-corrected chi connectivity index (χ1v) is 15.6. The summed E-state index contributed by atoms with van der Waals surface area (Å²) in [5.41, 5.74) is 1.30. The van der Waals surface area contributed by atoms with E-state index in [1.165, 1.54) is 32.1 Å². The molecule has 0 saturated heterocycles. The number of hydrogen-bond donors (Lipinski definition) is 1. The Morgan fingerprint density at radius 1 is 1.06 bits per heavy atom. The zero-order valence-corrected chi connectivity index (χ0v) is 22.8. The maximum Gasteiger partial charge on any atom is 0.159 e. The van der Waals surface area contributed by atoms with Crippen LogP contribution in [-0.2, 0) is 22.1 Å². The summed E-state index contributed by atoms with van der Waals surface area (Å²) in [6, 6.07) is 5.48. The second-order valence-electron chi connectivity index (χ2n) is 13.1. The van der Waals surface area contributed by atoms with Gasteiger partial charge in [0.2, 0.25) is 0 Å². The fraction of sp³-hybridized carbons (Fsp3) is 0.759. The fourth-order valence-electron chi connectivity index (χ4n) is 8.99. The van der Waals surface area contributed by atoms with Gasteiger partial charge in [-0.25, -0.2) is 0 Å². The number of nitrogens with zero attached hydrogens (tertiary/aromatic N) is 3. The van der Waals surface area contributed by atoms with E-state index >= 15 is 0 Å². The first-order chi connectivity index (χ1) is 17.1. The summed E-state index contributed by atoms with van der Waals surface area (Å²) in [4.78, 5) is 15.8. The average molecular weight is 512 g/mol. The lowest BCUT2D eigenvalue weighted by Crippen LogP contribution is -2.51. The number of aliphatic hydroxyl groups is 1. The van der Waals surface area contributed by atoms with E-state index in [-0.39, 0.29) is 18.2 Å². The summed E-state index contributed by atoms with van der Waals surface area (Å²) in [5.74, 6) is 3.81. The van der Waals surface area contributed by atoms with Crippen molar-refractivity contribution < 1.29 is 14.1 Å². The van der Waals surface area contributed by atoms with Crippen LogP contribution in [0.4, 0.5) is 0 Å². The van der Waals surface area contributed by atoms with Crippen LogP contribution >= 0.6 is 0 Å². The standard InChI is InChI=1S/C29H41N3O3S/c1-28(34)12-13-29(2)20(16-28)6-9-22-18-4-8-23(19(14-18)5-10-24(22)29)27(33)17-32-30-25-11-7-21(36(3)35)15-26(25)31-32/h7,11,15,18-20,22-24,34H,4-6,8-10,12-14,16-17H2,1-3H3/t18-,19-,20-,22+,23+,24+,28-,29+,36?/m1/s1. The number of Topliss-reactive ketones (excluding diaryl/α,β-unsaturated/α-hetero) is 1. The Kier molecular flexibility index (Phi) is 6.18. The Bertz CT molecular complexity index is 1190. The first kappa shape index (κ1) is 24.7. The third-order valence-electron chi connectivity index (χ3n) is 10.9. The monoisotopic (exact) mass is 511 g/mol. The molecule has 1 aromatic heterocycles. The first-order valence-electron chi connectivity index (χ1n) is 14.1. The molecule has 6 nitrogen and oxygen atoms in total. The summed E-state index contributed by atoms with van der Waals surface area (Å²) in [6.07, 6.45) is 13.1. The van der Waals surface area contributed by atoms with Crippen molar-refractivity contribution in [2.24, 2.45) is 40.9 Å². The lowest BCUT2D eigenvalue weighted by atomic mass is 9.48. The molecule has 0 radical (unpaired) electrons. The molecule has 1 aromatic carbocycles. The largest absolute Gasteiger partial charge is 0.390 e. The molecule has 4 fully saturated rings. The molecule has 7 heteroatoms. The average Bonchev–Trinajstić information content (AvgIpc) is 3.17. The Balaban J connectivity index is 1.17. The SMILES string of the molecule is CS(=O)c1ccc2nn(CC(=O)[C@H]3CC[C@@H]4C[C@H]3CC[C@H]3[C@H]4CC[C@@H]4C[C@](C)(O)CC[C@@]43C)nc2c1. The van der Waals surface area contributed by atoms with Crippen LogP contribution in [0.25, 0.3) is 11.0 Å². The molecule has 196 valence electrons. The second-order valence-corrected chi connectivity index (χ2v) is 14.4. The fourth-order valence-corrected chi connectivity index (χ4v) is 9.53. The molecule has 0 spiro atoms. The van der Waals surface area contributed by atoms with Gasteiger partial charge in [0.05, 0.1) is 5.60 Å². The number of ketones is 1. The van der Waals surface area contributed by atoms with Gasteiger partial charge in [0.15, 0.2) is 5.78 Å². The highest BCUT2D eigenvalue weighted by molar-refractivity contribution is 7.84.